The molecule has 2 aromatic rings. The molecule has 0 saturated carbocycles. The Labute approximate surface area is 103 Å². The molecule has 0 fully saturated rings. The van der Waals surface area contributed by atoms with Crippen molar-refractivity contribution < 1.29 is 5.11 Å². The number of aromatic amines is 1. The summed E-state index contributed by atoms with van der Waals surface area (Å²) in [5.41, 5.74) is 1.50. The Kier molecular flexibility index (Phi) is 3.53. The lowest BCUT2D eigenvalue weighted by Crippen LogP contribution is -2.25. The third-order valence-electron chi connectivity index (χ3n) is 3.42. The topological polar surface area (TPSA) is 36.0 Å². The van der Waals surface area contributed by atoms with E-state index in [4.69, 9.17) is 0 Å². The molecule has 0 unspecified atom stereocenters. The average Bonchev–Trinajstić information content (AvgIpc) is 2.77. The zero-order chi connectivity index (χ0) is 12.3. The molecule has 0 radical (unpaired) electrons. The summed E-state index contributed by atoms with van der Waals surface area (Å²) in [7, 11) is 0. The van der Waals surface area contributed by atoms with E-state index >= 15 is 0 Å². The Morgan fingerprint density at radius 2 is 1.82 bits per heavy atom. The Morgan fingerprint density at radius 1 is 1.12 bits per heavy atom. The van der Waals surface area contributed by atoms with Crippen molar-refractivity contribution in [2.45, 2.75) is 45.1 Å². The van der Waals surface area contributed by atoms with Gasteiger partial charge in [0.2, 0.25) is 0 Å². The van der Waals surface area contributed by atoms with Crippen LogP contribution in [0.1, 0.15) is 45.1 Å². The summed E-state index contributed by atoms with van der Waals surface area (Å²) in [5.74, 6) is 0. The molecular formula is C15H21NO. The summed E-state index contributed by atoms with van der Waals surface area (Å²) in [6.45, 7) is 4.25. The fraction of sp³-hybridized carbons (Fsp3) is 0.467. The monoisotopic (exact) mass is 231 g/mol. The molecule has 1 aromatic heterocycles. The van der Waals surface area contributed by atoms with Gasteiger partial charge in [-0.1, -0.05) is 38.8 Å². The van der Waals surface area contributed by atoms with Crippen LogP contribution in [0.4, 0.5) is 0 Å². The van der Waals surface area contributed by atoms with E-state index < -0.39 is 5.60 Å². The first-order valence-corrected chi connectivity index (χ1v) is 6.50. The SMILES string of the molecule is CCCC(O)(CCC)c1cccc2[nH]ccc12. The first kappa shape index (κ1) is 12.2. The van der Waals surface area contributed by atoms with Gasteiger partial charge in [0, 0.05) is 17.1 Å². The minimum Gasteiger partial charge on any atom is -0.385 e. The lowest BCUT2D eigenvalue weighted by molar-refractivity contribution is 0.0184. The molecule has 0 aliphatic rings. The number of aromatic nitrogens is 1. The molecule has 2 rings (SSSR count). The van der Waals surface area contributed by atoms with E-state index in [0.29, 0.717) is 0 Å². The van der Waals surface area contributed by atoms with Crippen LogP contribution in [0, 0.1) is 0 Å². The fourth-order valence-electron chi connectivity index (χ4n) is 2.71. The molecule has 0 aliphatic carbocycles. The van der Waals surface area contributed by atoms with Gasteiger partial charge in [-0.3, -0.25) is 0 Å². The van der Waals surface area contributed by atoms with E-state index in [1.807, 2.05) is 12.3 Å². The van der Waals surface area contributed by atoms with Crippen molar-refractivity contribution in [2.24, 2.45) is 0 Å². The molecule has 1 aromatic carbocycles. The van der Waals surface area contributed by atoms with Crippen LogP contribution in [0.15, 0.2) is 30.5 Å². The van der Waals surface area contributed by atoms with Gasteiger partial charge in [0.05, 0.1) is 5.60 Å². The molecule has 0 spiro atoms. The fourth-order valence-corrected chi connectivity index (χ4v) is 2.71. The van der Waals surface area contributed by atoms with E-state index in [9.17, 15) is 5.11 Å². The van der Waals surface area contributed by atoms with Gasteiger partial charge in [-0.2, -0.15) is 0 Å². The minimum absolute atomic E-state index is 0.675. The predicted molar refractivity (Wildman–Crippen MR) is 72.0 cm³/mol. The van der Waals surface area contributed by atoms with Crippen LogP contribution in [-0.4, -0.2) is 10.1 Å². The van der Waals surface area contributed by atoms with Crippen LogP contribution < -0.4 is 0 Å². The molecule has 2 N–H and O–H groups in total. The smallest absolute Gasteiger partial charge is 0.0902 e. The highest BCUT2D eigenvalue weighted by Crippen LogP contribution is 2.35. The number of rotatable bonds is 5. The molecule has 0 amide bonds. The normalized spacial score (nSPS) is 12.2. The number of hydrogen-bond acceptors (Lipinski definition) is 1. The van der Waals surface area contributed by atoms with Crippen LogP contribution in [0.5, 0.6) is 0 Å². The number of hydrogen-bond donors (Lipinski definition) is 2. The molecule has 0 saturated heterocycles. The lowest BCUT2D eigenvalue weighted by Gasteiger charge is -2.29. The largest absolute Gasteiger partial charge is 0.385 e. The van der Waals surface area contributed by atoms with Gasteiger partial charge in [-0.25, -0.2) is 0 Å². The summed E-state index contributed by atoms with van der Waals surface area (Å²) in [6, 6.07) is 8.18. The van der Waals surface area contributed by atoms with E-state index in [1.165, 1.54) is 0 Å². The van der Waals surface area contributed by atoms with Crippen molar-refractivity contribution in [3.8, 4) is 0 Å². The molecule has 92 valence electrons. The third-order valence-corrected chi connectivity index (χ3v) is 3.42. The van der Waals surface area contributed by atoms with Crippen molar-refractivity contribution in [1.29, 1.82) is 0 Å². The second-order valence-corrected chi connectivity index (χ2v) is 4.78. The summed E-state index contributed by atoms with van der Waals surface area (Å²) >= 11 is 0. The molecule has 1 heterocycles. The van der Waals surface area contributed by atoms with Gasteiger partial charge in [0.1, 0.15) is 0 Å². The van der Waals surface area contributed by atoms with Gasteiger partial charge >= 0.3 is 0 Å². The highest BCUT2D eigenvalue weighted by Gasteiger charge is 2.28. The molecular weight excluding hydrogens is 210 g/mol. The quantitative estimate of drug-likeness (QED) is 0.803. The lowest BCUT2D eigenvalue weighted by atomic mass is 9.83. The van der Waals surface area contributed by atoms with Crippen LogP contribution in [0.2, 0.25) is 0 Å². The van der Waals surface area contributed by atoms with Crippen molar-refractivity contribution in [3.63, 3.8) is 0 Å². The van der Waals surface area contributed by atoms with Crippen molar-refractivity contribution in [1.82, 2.24) is 4.98 Å². The minimum atomic E-state index is -0.675. The van der Waals surface area contributed by atoms with Gasteiger partial charge in [0.25, 0.3) is 0 Å². The van der Waals surface area contributed by atoms with Crippen molar-refractivity contribution in [3.05, 3.63) is 36.0 Å². The third kappa shape index (κ3) is 2.22. The van der Waals surface area contributed by atoms with Gasteiger partial charge in [0.15, 0.2) is 0 Å². The maximum absolute atomic E-state index is 10.9. The second-order valence-electron chi connectivity index (χ2n) is 4.78. The Hall–Kier alpha value is -1.28. The van der Waals surface area contributed by atoms with Crippen LogP contribution in [0.25, 0.3) is 10.9 Å². The van der Waals surface area contributed by atoms with E-state index in [1.54, 1.807) is 0 Å². The summed E-state index contributed by atoms with van der Waals surface area (Å²) < 4.78 is 0. The molecule has 0 bridgehead atoms. The summed E-state index contributed by atoms with van der Waals surface area (Å²) in [4.78, 5) is 3.21. The number of fused-ring (bicyclic) bond motifs is 1. The highest BCUT2D eigenvalue weighted by atomic mass is 16.3. The van der Waals surface area contributed by atoms with Gasteiger partial charge in [-0.05, 0) is 30.5 Å². The molecule has 2 nitrogen and oxygen atoms in total. The Bertz CT molecular complexity index is 480. The number of benzene rings is 1. The van der Waals surface area contributed by atoms with Crippen LogP contribution >= 0.6 is 0 Å². The molecule has 2 heteroatoms. The first-order chi connectivity index (χ1) is 8.21. The maximum atomic E-state index is 10.9. The molecule has 17 heavy (non-hydrogen) atoms. The standard InChI is InChI=1S/C15H21NO/c1-3-9-15(17,10-4-2)13-6-5-7-14-12(13)8-11-16-14/h5-8,11,16-17H,3-4,9-10H2,1-2H3. The second kappa shape index (κ2) is 4.92. The predicted octanol–water partition coefficient (Wildman–Crippen LogP) is 3.96. The first-order valence-electron chi connectivity index (χ1n) is 6.50. The summed E-state index contributed by atoms with van der Waals surface area (Å²) in [6.07, 6.45) is 5.58. The molecule has 0 atom stereocenters. The Balaban J connectivity index is 2.51. The highest BCUT2D eigenvalue weighted by molar-refractivity contribution is 5.83. The Morgan fingerprint density at radius 3 is 2.47 bits per heavy atom. The van der Waals surface area contributed by atoms with E-state index in [0.717, 1.165) is 42.1 Å². The number of H-pyrrole nitrogens is 1. The average molecular weight is 231 g/mol. The summed E-state index contributed by atoms with van der Waals surface area (Å²) in [5, 5.41) is 12.0. The zero-order valence-electron chi connectivity index (χ0n) is 10.7. The van der Waals surface area contributed by atoms with Gasteiger partial charge < -0.3 is 10.1 Å². The van der Waals surface area contributed by atoms with Crippen molar-refractivity contribution in [2.75, 3.05) is 0 Å². The zero-order valence-corrected chi connectivity index (χ0v) is 10.7. The van der Waals surface area contributed by atoms with E-state index in [2.05, 4.69) is 37.0 Å². The van der Waals surface area contributed by atoms with Crippen molar-refractivity contribution >= 4 is 10.9 Å². The maximum Gasteiger partial charge on any atom is 0.0902 e. The van der Waals surface area contributed by atoms with Crippen LogP contribution in [0.3, 0.4) is 0 Å². The van der Waals surface area contributed by atoms with Crippen LogP contribution in [-0.2, 0) is 5.60 Å². The number of nitrogens with one attached hydrogen (secondary N) is 1. The molecule has 0 aliphatic heterocycles. The van der Waals surface area contributed by atoms with Gasteiger partial charge in [-0.15, -0.1) is 0 Å². The number of aliphatic hydroxyl groups is 1. The van der Waals surface area contributed by atoms with E-state index in [-0.39, 0.29) is 0 Å².